The number of aromatic nitrogens is 2. The molecule has 0 aliphatic carbocycles. The number of ether oxygens (including phenoxy) is 2. The zero-order chi connectivity index (χ0) is 25.8. The van der Waals surface area contributed by atoms with Crippen LogP contribution in [0.2, 0.25) is 0 Å². The molecule has 2 N–H and O–H groups in total. The lowest BCUT2D eigenvalue weighted by Crippen LogP contribution is -2.12. The molecule has 1 amide bonds. The number of nitrogens with zero attached hydrogens (tertiary/aromatic N) is 2. The predicted octanol–water partition coefficient (Wildman–Crippen LogP) is 6.57. The number of rotatable bonds is 8. The second-order valence-corrected chi connectivity index (χ2v) is 8.24. The Morgan fingerprint density at radius 1 is 0.946 bits per heavy atom. The van der Waals surface area contributed by atoms with Crippen LogP contribution in [0.5, 0.6) is 11.5 Å². The minimum absolute atomic E-state index is 0.263. The normalized spacial score (nSPS) is 10.8. The van der Waals surface area contributed by atoms with Gasteiger partial charge in [-0.3, -0.25) is 4.79 Å². The van der Waals surface area contributed by atoms with Gasteiger partial charge in [0.25, 0.3) is 5.91 Å². The molecule has 37 heavy (non-hydrogen) atoms. The maximum absolute atomic E-state index is 14.0. The number of carbonyl (C=O) groups excluding carboxylic acids is 1. The summed E-state index contributed by atoms with van der Waals surface area (Å²) in [6.07, 6.45) is 1.74. The average Bonchev–Trinajstić information content (AvgIpc) is 3.34. The van der Waals surface area contributed by atoms with E-state index in [1.807, 2.05) is 37.3 Å². The van der Waals surface area contributed by atoms with Crippen molar-refractivity contribution < 1.29 is 18.7 Å². The zero-order valence-electron chi connectivity index (χ0n) is 20.4. The predicted molar refractivity (Wildman–Crippen MR) is 143 cm³/mol. The molecule has 0 radical (unpaired) electrons. The van der Waals surface area contributed by atoms with Crippen molar-refractivity contribution in [2.45, 2.75) is 6.92 Å². The van der Waals surface area contributed by atoms with Gasteiger partial charge in [0.15, 0.2) is 11.5 Å². The first kappa shape index (κ1) is 23.9. The van der Waals surface area contributed by atoms with Gasteiger partial charge in [0, 0.05) is 28.4 Å². The quantitative estimate of drug-likeness (QED) is 0.254. The van der Waals surface area contributed by atoms with Gasteiger partial charge in [-0.15, -0.1) is 0 Å². The smallest absolute Gasteiger partial charge is 0.255 e. The van der Waals surface area contributed by atoms with Crippen molar-refractivity contribution in [1.29, 1.82) is 0 Å². The lowest BCUT2D eigenvalue weighted by atomic mass is 10.1. The molecule has 0 atom stereocenters. The molecule has 0 unspecified atom stereocenters. The number of methoxy groups -OCH3 is 1. The number of nitrogens with one attached hydrogen (secondary N) is 2. The Morgan fingerprint density at radius 3 is 2.59 bits per heavy atom. The number of anilines is 3. The zero-order valence-corrected chi connectivity index (χ0v) is 20.4. The van der Waals surface area contributed by atoms with Crippen molar-refractivity contribution in [3.05, 3.63) is 103 Å². The van der Waals surface area contributed by atoms with E-state index in [0.29, 0.717) is 35.0 Å². The van der Waals surface area contributed by atoms with E-state index in [4.69, 9.17) is 9.47 Å². The van der Waals surface area contributed by atoms with E-state index in [1.165, 1.54) is 6.07 Å². The average molecular weight is 497 g/mol. The number of benzene rings is 4. The van der Waals surface area contributed by atoms with Crippen LogP contribution >= 0.6 is 0 Å². The molecule has 1 heterocycles. The Morgan fingerprint density at radius 2 is 1.78 bits per heavy atom. The van der Waals surface area contributed by atoms with E-state index in [-0.39, 0.29) is 11.7 Å². The molecule has 5 rings (SSSR count). The molecule has 0 saturated heterocycles. The summed E-state index contributed by atoms with van der Waals surface area (Å²) in [6, 6.07) is 24.7. The van der Waals surface area contributed by atoms with Crippen molar-refractivity contribution in [3.8, 4) is 17.2 Å². The Hall–Kier alpha value is -4.85. The van der Waals surface area contributed by atoms with E-state index in [2.05, 4.69) is 15.7 Å². The highest BCUT2D eigenvalue weighted by molar-refractivity contribution is 6.04. The summed E-state index contributed by atoms with van der Waals surface area (Å²) in [5.74, 6) is 0.570. The number of hydrogen-bond donors (Lipinski definition) is 2. The fraction of sp³-hybridized carbons (Fsp3) is 0.103. The van der Waals surface area contributed by atoms with Crippen LogP contribution in [0.25, 0.3) is 16.6 Å². The molecule has 0 bridgehead atoms. The number of amides is 1. The van der Waals surface area contributed by atoms with Crippen molar-refractivity contribution in [1.82, 2.24) is 9.78 Å². The first-order chi connectivity index (χ1) is 18.1. The largest absolute Gasteiger partial charge is 0.493 e. The summed E-state index contributed by atoms with van der Waals surface area (Å²) in [5, 5.41) is 11.4. The second-order valence-electron chi connectivity index (χ2n) is 8.24. The minimum atomic E-state index is -0.322. The van der Waals surface area contributed by atoms with Crippen LogP contribution in [0, 0.1) is 5.82 Å². The van der Waals surface area contributed by atoms with Crippen LogP contribution < -0.4 is 20.1 Å². The van der Waals surface area contributed by atoms with E-state index in [9.17, 15) is 9.18 Å². The van der Waals surface area contributed by atoms with Crippen molar-refractivity contribution in [2.75, 3.05) is 24.4 Å². The molecule has 7 nitrogen and oxygen atoms in total. The number of hydrogen-bond acceptors (Lipinski definition) is 5. The maximum atomic E-state index is 14.0. The molecule has 0 aliphatic rings. The Balaban J connectivity index is 1.37. The van der Waals surface area contributed by atoms with Gasteiger partial charge in [-0.1, -0.05) is 18.2 Å². The van der Waals surface area contributed by atoms with Crippen molar-refractivity contribution in [2.24, 2.45) is 0 Å². The van der Waals surface area contributed by atoms with Crippen LogP contribution in [0.3, 0.4) is 0 Å². The summed E-state index contributed by atoms with van der Waals surface area (Å²) in [5.41, 5.74) is 3.81. The fourth-order valence-electron chi connectivity index (χ4n) is 4.04. The molecule has 0 aliphatic heterocycles. The summed E-state index contributed by atoms with van der Waals surface area (Å²) in [6.45, 7) is 2.41. The maximum Gasteiger partial charge on any atom is 0.255 e. The highest BCUT2D eigenvalue weighted by Crippen LogP contribution is 2.31. The molecule has 186 valence electrons. The lowest BCUT2D eigenvalue weighted by Gasteiger charge is -2.12. The van der Waals surface area contributed by atoms with Crippen LogP contribution in [0.15, 0.2) is 91.1 Å². The molecule has 0 saturated carbocycles. The Bertz CT molecular complexity index is 1580. The highest BCUT2D eigenvalue weighted by atomic mass is 19.1. The van der Waals surface area contributed by atoms with Gasteiger partial charge in [-0.05, 0) is 67.6 Å². The van der Waals surface area contributed by atoms with Gasteiger partial charge in [-0.2, -0.15) is 5.10 Å². The van der Waals surface area contributed by atoms with Gasteiger partial charge in [0.1, 0.15) is 5.82 Å². The van der Waals surface area contributed by atoms with Gasteiger partial charge < -0.3 is 20.1 Å². The van der Waals surface area contributed by atoms with E-state index < -0.39 is 0 Å². The monoisotopic (exact) mass is 496 g/mol. The topological polar surface area (TPSA) is 77.4 Å². The molecule has 8 heteroatoms. The summed E-state index contributed by atoms with van der Waals surface area (Å²) >= 11 is 0. The van der Waals surface area contributed by atoms with Gasteiger partial charge >= 0.3 is 0 Å². The molecular weight excluding hydrogens is 471 g/mol. The first-order valence-corrected chi connectivity index (χ1v) is 11.8. The molecule has 1 aromatic heterocycles. The van der Waals surface area contributed by atoms with Crippen LogP contribution in [0.4, 0.5) is 21.5 Å². The van der Waals surface area contributed by atoms with E-state index >= 15 is 0 Å². The minimum Gasteiger partial charge on any atom is -0.493 e. The first-order valence-electron chi connectivity index (χ1n) is 11.8. The van der Waals surface area contributed by atoms with Gasteiger partial charge in [0.05, 0.1) is 36.8 Å². The summed E-state index contributed by atoms with van der Waals surface area (Å²) in [7, 11) is 1.56. The number of carbonyl (C=O) groups is 1. The van der Waals surface area contributed by atoms with Crippen molar-refractivity contribution >= 4 is 33.9 Å². The van der Waals surface area contributed by atoms with Crippen molar-refractivity contribution in [3.63, 3.8) is 0 Å². The van der Waals surface area contributed by atoms with Gasteiger partial charge in [0.2, 0.25) is 0 Å². The standard InChI is InChI=1S/C29H25FN4O3/c1-3-37-27-14-12-22(17-28(27)36-2)33-29(35)19-7-6-8-23(16-19)34-26-13-11-21(15-20(26)18-31-34)32-25-10-5-4-9-24(25)30/h4-18,32H,3H2,1-2H3,(H,33,35). The van der Waals surface area contributed by atoms with E-state index in [1.54, 1.807) is 66.5 Å². The molecule has 4 aromatic carbocycles. The third-order valence-electron chi connectivity index (χ3n) is 5.80. The third kappa shape index (κ3) is 5.08. The number of halogens is 1. The van der Waals surface area contributed by atoms with Crippen LogP contribution in [0.1, 0.15) is 17.3 Å². The van der Waals surface area contributed by atoms with Crippen LogP contribution in [-0.4, -0.2) is 29.4 Å². The Kier molecular flexibility index (Phi) is 6.72. The highest BCUT2D eigenvalue weighted by Gasteiger charge is 2.13. The lowest BCUT2D eigenvalue weighted by molar-refractivity contribution is 0.102. The Labute approximate surface area is 213 Å². The molecule has 5 aromatic rings. The van der Waals surface area contributed by atoms with E-state index in [0.717, 1.165) is 22.3 Å². The molecular formula is C29H25FN4O3. The third-order valence-corrected chi connectivity index (χ3v) is 5.80. The fourth-order valence-corrected chi connectivity index (χ4v) is 4.04. The summed E-state index contributed by atoms with van der Waals surface area (Å²) < 4.78 is 26.7. The number of fused-ring (bicyclic) bond motifs is 1. The number of para-hydroxylation sites is 1. The molecule has 0 fully saturated rings. The summed E-state index contributed by atoms with van der Waals surface area (Å²) in [4.78, 5) is 13.0. The van der Waals surface area contributed by atoms with Gasteiger partial charge in [-0.25, -0.2) is 9.07 Å². The SMILES string of the molecule is CCOc1ccc(NC(=O)c2cccc(-n3ncc4cc(Nc5ccccc5F)ccc43)c2)cc1OC. The molecule has 0 spiro atoms. The second kappa shape index (κ2) is 10.4. The van der Waals surface area contributed by atoms with Crippen LogP contribution in [-0.2, 0) is 0 Å².